The summed E-state index contributed by atoms with van der Waals surface area (Å²) in [6.45, 7) is 2.13. The zero-order valence-electron chi connectivity index (χ0n) is 18.2. The largest absolute Gasteiger partial charge is 0.490 e. The third-order valence-corrected chi connectivity index (χ3v) is 5.78. The molecule has 0 unspecified atom stereocenters. The third-order valence-electron chi connectivity index (χ3n) is 5.78. The molecule has 1 fully saturated rings. The monoisotopic (exact) mass is 448 g/mol. The molecule has 0 spiro atoms. The van der Waals surface area contributed by atoms with Gasteiger partial charge in [0.1, 0.15) is 17.4 Å². The molecule has 0 radical (unpaired) electrons. The number of ether oxygens (including phenoxy) is 1. The molecule has 2 heterocycles. The first-order chi connectivity index (χ1) is 15.9. The van der Waals surface area contributed by atoms with Crippen molar-refractivity contribution in [3.05, 3.63) is 77.2 Å². The molecule has 168 valence electrons. The number of hydrogen-bond acceptors (Lipinski definition) is 4. The Labute approximate surface area is 189 Å². The molecule has 1 amide bonds. The number of halogens is 2. The summed E-state index contributed by atoms with van der Waals surface area (Å²) in [4.78, 5) is 19.1. The molecule has 6 nitrogen and oxygen atoms in total. The lowest BCUT2D eigenvalue weighted by molar-refractivity contribution is 0.0784. The van der Waals surface area contributed by atoms with Crippen LogP contribution in [0.3, 0.4) is 0 Å². The van der Waals surface area contributed by atoms with Crippen molar-refractivity contribution in [1.82, 2.24) is 20.1 Å². The number of pyridine rings is 1. The topological polar surface area (TPSA) is 71.1 Å². The molecule has 1 aliphatic rings. The Morgan fingerprint density at radius 1 is 1.21 bits per heavy atom. The molecule has 1 saturated carbocycles. The SMILES string of the molecule is Cc1ncc2cn[nH]c2c1CN(C)C(=O)c1cc(F)c(-c2cccc(F)c2)c(OC2CC2)c1. The normalized spacial score (nSPS) is 13.3. The summed E-state index contributed by atoms with van der Waals surface area (Å²) in [6, 6.07) is 8.42. The Morgan fingerprint density at radius 3 is 2.79 bits per heavy atom. The van der Waals surface area contributed by atoms with E-state index in [0.717, 1.165) is 35.0 Å². The molecule has 2 aromatic carbocycles. The summed E-state index contributed by atoms with van der Waals surface area (Å²) in [5.41, 5.74) is 3.11. The fourth-order valence-corrected chi connectivity index (χ4v) is 3.87. The second kappa shape index (κ2) is 8.27. The van der Waals surface area contributed by atoms with Crippen LogP contribution in [0.25, 0.3) is 22.0 Å². The number of benzene rings is 2. The quantitative estimate of drug-likeness (QED) is 0.449. The van der Waals surface area contributed by atoms with Crippen LogP contribution in [0.15, 0.2) is 48.8 Å². The zero-order valence-corrected chi connectivity index (χ0v) is 18.2. The highest BCUT2D eigenvalue weighted by Gasteiger charge is 2.27. The lowest BCUT2D eigenvalue weighted by atomic mass is 10.0. The lowest BCUT2D eigenvalue weighted by Crippen LogP contribution is -2.27. The summed E-state index contributed by atoms with van der Waals surface area (Å²) in [6.07, 6.45) is 5.11. The molecular weight excluding hydrogens is 426 g/mol. The highest BCUT2D eigenvalue weighted by atomic mass is 19.1. The van der Waals surface area contributed by atoms with Gasteiger partial charge in [0.25, 0.3) is 5.91 Å². The van der Waals surface area contributed by atoms with Gasteiger partial charge >= 0.3 is 0 Å². The van der Waals surface area contributed by atoms with Gasteiger partial charge < -0.3 is 9.64 Å². The number of aryl methyl sites for hydroxylation is 1. The molecule has 8 heteroatoms. The molecule has 1 N–H and O–H groups in total. The van der Waals surface area contributed by atoms with Crippen molar-refractivity contribution < 1.29 is 18.3 Å². The molecule has 5 rings (SSSR count). The Morgan fingerprint density at radius 2 is 2.03 bits per heavy atom. The molecule has 0 bridgehead atoms. The van der Waals surface area contributed by atoms with Gasteiger partial charge in [-0.05, 0) is 49.6 Å². The molecular formula is C25H22F2N4O2. The van der Waals surface area contributed by atoms with Gasteiger partial charge in [-0.25, -0.2) is 8.78 Å². The number of nitrogens with zero attached hydrogens (tertiary/aromatic N) is 3. The summed E-state index contributed by atoms with van der Waals surface area (Å²) in [7, 11) is 1.65. The van der Waals surface area contributed by atoms with E-state index in [4.69, 9.17) is 4.74 Å². The highest BCUT2D eigenvalue weighted by molar-refractivity contribution is 5.96. The average Bonchev–Trinajstić information content (AvgIpc) is 3.47. The van der Waals surface area contributed by atoms with Crippen molar-refractivity contribution in [2.24, 2.45) is 0 Å². The van der Waals surface area contributed by atoms with Gasteiger partial charge in [0, 0.05) is 42.0 Å². The van der Waals surface area contributed by atoms with Crippen molar-refractivity contribution in [3.63, 3.8) is 0 Å². The number of hydrogen-bond donors (Lipinski definition) is 1. The predicted octanol–water partition coefficient (Wildman–Crippen LogP) is 5.02. The standard InChI is InChI=1S/C25H22F2N4O2/c1-14-20(24-17(11-28-14)12-29-30-24)13-31(2)25(32)16-9-21(27)23(15-4-3-5-18(26)8-15)22(10-16)33-19-6-7-19/h3-5,8-12,19H,6-7,13H2,1-2H3,(H,29,30). The first-order valence-electron chi connectivity index (χ1n) is 10.7. The number of aromatic amines is 1. The van der Waals surface area contributed by atoms with Gasteiger partial charge in [0.05, 0.1) is 23.4 Å². The summed E-state index contributed by atoms with van der Waals surface area (Å²) in [5.74, 6) is -1.23. The second-order valence-electron chi connectivity index (χ2n) is 8.34. The number of carbonyl (C=O) groups excluding carboxylic acids is 1. The minimum absolute atomic E-state index is 0.0218. The fraction of sp³-hybridized carbons (Fsp3) is 0.240. The van der Waals surface area contributed by atoms with Crippen LogP contribution in [0, 0.1) is 18.6 Å². The zero-order chi connectivity index (χ0) is 23.1. The number of fused-ring (bicyclic) bond motifs is 1. The average molecular weight is 448 g/mol. The summed E-state index contributed by atoms with van der Waals surface area (Å²) in [5, 5.41) is 7.85. The molecule has 4 aromatic rings. The van der Waals surface area contributed by atoms with E-state index in [9.17, 15) is 9.18 Å². The van der Waals surface area contributed by atoms with Crippen LogP contribution in [0.2, 0.25) is 0 Å². The minimum atomic E-state index is -0.635. The Kier molecular flexibility index (Phi) is 5.28. The van der Waals surface area contributed by atoms with Crippen molar-refractivity contribution in [2.45, 2.75) is 32.4 Å². The van der Waals surface area contributed by atoms with E-state index in [2.05, 4.69) is 15.2 Å². The van der Waals surface area contributed by atoms with Crippen LogP contribution in [-0.4, -0.2) is 39.1 Å². The van der Waals surface area contributed by atoms with Crippen molar-refractivity contribution >= 4 is 16.8 Å². The molecule has 0 atom stereocenters. The van der Waals surface area contributed by atoms with Gasteiger partial charge in [-0.1, -0.05) is 12.1 Å². The molecule has 33 heavy (non-hydrogen) atoms. The Balaban J connectivity index is 1.49. The van der Waals surface area contributed by atoms with E-state index in [0.29, 0.717) is 5.56 Å². The molecule has 0 saturated heterocycles. The van der Waals surface area contributed by atoms with Crippen LogP contribution in [0.5, 0.6) is 5.75 Å². The van der Waals surface area contributed by atoms with E-state index < -0.39 is 11.6 Å². The number of H-pyrrole nitrogens is 1. The van der Waals surface area contributed by atoms with Gasteiger partial charge in [0.15, 0.2) is 0 Å². The van der Waals surface area contributed by atoms with Crippen LogP contribution < -0.4 is 4.74 Å². The maximum Gasteiger partial charge on any atom is 0.254 e. The Hall–Kier alpha value is -3.81. The number of rotatable bonds is 6. The molecule has 2 aromatic heterocycles. The number of carbonyl (C=O) groups is 1. The molecule has 0 aliphatic heterocycles. The number of aromatic nitrogens is 3. The van der Waals surface area contributed by atoms with Gasteiger partial charge in [-0.15, -0.1) is 0 Å². The molecule has 1 aliphatic carbocycles. The van der Waals surface area contributed by atoms with Gasteiger partial charge in [-0.2, -0.15) is 5.10 Å². The maximum absolute atomic E-state index is 15.3. The summed E-state index contributed by atoms with van der Waals surface area (Å²) >= 11 is 0. The first-order valence-corrected chi connectivity index (χ1v) is 10.7. The smallest absolute Gasteiger partial charge is 0.254 e. The van der Waals surface area contributed by atoms with E-state index in [1.54, 1.807) is 31.6 Å². The van der Waals surface area contributed by atoms with Crippen molar-refractivity contribution in [3.8, 4) is 16.9 Å². The summed E-state index contributed by atoms with van der Waals surface area (Å²) < 4.78 is 35.0. The number of amides is 1. The van der Waals surface area contributed by atoms with Crippen molar-refractivity contribution in [1.29, 1.82) is 0 Å². The third kappa shape index (κ3) is 4.16. The number of nitrogens with one attached hydrogen (secondary N) is 1. The highest BCUT2D eigenvalue weighted by Crippen LogP contribution is 2.38. The maximum atomic E-state index is 15.3. The van der Waals surface area contributed by atoms with Gasteiger partial charge in [-0.3, -0.25) is 14.9 Å². The van der Waals surface area contributed by atoms with E-state index in [-0.39, 0.29) is 35.4 Å². The van der Waals surface area contributed by atoms with Crippen LogP contribution in [0.1, 0.15) is 34.5 Å². The first kappa shape index (κ1) is 21.1. The predicted molar refractivity (Wildman–Crippen MR) is 120 cm³/mol. The fourth-order valence-electron chi connectivity index (χ4n) is 3.87. The van der Waals surface area contributed by atoms with E-state index >= 15 is 4.39 Å². The minimum Gasteiger partial charge on any atom is -0.490 e. The van der Waals surface area contributed by atoms with Crippen molar-refractivity contribution in [2.75, 3.05) is 7.05 Å². The van der Waals surface area contributed by atoms with Gasteiger partial charge in [0.2, 0.25) is 0 Å². The van der Waals surface area contributed by atoms with E-state index in [1.807, 2.05) is 6.92 Å². The van der Waals surface area contributed by atoms with E-state index in [1.165, 1.54) is 29.2 Å². The van der Waals surface area contributed by atoms with Crippen LogP contribution in [0.4, 0.5) is 8.78 Å². The van der Waals surface area contributed by atoms with Crippen LogP contribution in [-0.2, 0) is 6.54 Å². The second-order valence-corrected chi connectivity index (χ2v) is 8.34. The van der Waals surface area contributed by atoms with Crippen LogP contribution >= 0.6 is 0 Å². The lowest BCUT2D eigenvalue weighted by Gasteiger charge is -2.20. The Bertz CT molecular complexity index is 1360.